The van der Waals surface area contributed by atoms with Gasteiger partial charge in [0, 0.05) is 29.2 Å². The molecule has 3 heterocycles. The Labute approximate surface area is 213 Å². The number of hydrogen-bond donors (Lipinski definition) is 1. The number of aromatic nitrogens is 5. The number of anilines is 1. The first-order valence-electron chi connectivity index (χ1n) is 11.5. The van der Waals surface area contributed by atoms with E-state index in [0.29, 0.717) is 22.9 Å². The molecule has 0 atom stereocenters. The molecule has 0 bridgehead atoms. The van der Waals surface area contributed by atoms with Crippen molar-refractivity contribution >= 4 is 21.4 Å². The molecule has 0 fully saturated rings. The molecule has 180 valence electrons. The summed E-state index contributed by atoms with van der Waals surface area (Å²) in [7, 11) is -3.74. The summed E-state index contributed by atoms with van der Waals surface area (Å²) in [5.74, 6) is 0.590. The van der Waals surface area contributed by atoms with Crippen LogP contribution in [-0.4, -0.2) is 33.2 Å². The summed E-state index contributed by atoms with van der Waals surface area (Å²) in [5, 5.41) is 13.1. The van der Waals surface area contributed by atoms with Crippen LogP contribution in [0.3, 0.4) is 0 Å². The van der Waals surface area contributed by atoms with Crippen LogP contribution in [0.25, 0.3) is 39.4 Å². The van der Waals surface area contributed by atoms with Gasteiger partial charge in [0.2, 0.25) is 0 Å². The molecule has 0 aliphatic heterocycles. The van der Waals surface area contributed by atoms with Crippen LogP contribution in [0.5, 0.6) is 0 Å². The molecule has 8 nitrogen and oxygen atoms in total. The van der Waals surface area contributed by atoms with E-state index in [2.05, 4.69) is 19.9 Å². The minimum atomic E-state index is -3.74. The second kappa shape index (κ2) is 9.29. The highest BCUT2D eigenvalue weighted by Gasteiger charge is 2.15. The molecule has 6 aromatic rings. The van der Waals surface area contributed by atoms with Crippen LogP contribution in [-0.2, 0) is 10.0 Å². The van der Waals surface area contributed by atoms with E-state index in [4.69, 9.17) is 5.10 Å². The van der Waals surface area contributed by atoms with Crippen LogP contribution in [0.15, 0.2) is 120 Å². The van der Waals surface area contributed by atoms with E-state index in [-0.39, 0.29) is 4.90 Å². The van der Waals surface area contributed by atoms with E-state index in [9.17, 15) is 8.42 Å². The average Bonchev–Trinajstić information content (AvgIpc) is 3.38. The standard InChI is InChI=1S/C28H20N6O2S/c35-37(36,25-14-10-21(11-15-25)20-5-2-1-3-6-20)33-24-12-8-22(9-13-24)26-16-17-27-30-31-28(34(27)32-26)23-7-4-18-29-19-23/h1-19,33H. The van der Waals surface area contributed by atoms with Crippen molar-refractivity contribution < 1.29 is 8.42 Å². The van der Waals surface area contributed by atoms with Crippen molar-refractivity contribution in [1.82, 2.24) is 24.8 Å². The van der Waals surface area contributed by atoms with E-state index in [1.165, 1.54) is 0 Å². The average molecular weight is 505 g/mol. The van der Waals surface area contributed by atoms with Crippen LogP contribution in [0, 0.1) is 0 Å². The number of pyridine rings is 1. The molecule has 0 radical (unpaired) electrons. The van der Waals surface area contributed by atoms with Crippen LogP contribution < -0.4 is 4.72 Å². The Morgan fingerprint density at radius 1 is 0.649 bits per heavy atom. The van der Waals surface area contributed by atoms with Crippen LogP contribution in [0.2, 0.25) is 0 Å². The molecule has 3 aromatic carbocycles. The maximum absolute atomic E-state index is 12.9. The van der Waals surface area contributed by atoms with Crippen molar-refractivity contribution in [2.24, 2.45) is 0 Å². The molecule has 0 unspecified atom stereocenters. The smallest absolute Gasteiger partial charge is 0.261 e. The lowest BCUT2D eigenvalue weighted by Crippen LogP contribution is -2.12. The van der Waals surface area contributed by atoms with Crippen molar-refractivity contribution in [3.05, 3.63) is 116 Å². The maximum atomic E-state index is 12.9. The highest BCUT2D eigenvalue weighted by Crippen LogP contribution is 2.25. The van der Waals surface area contributed by atoms with Crippen molar-refractivity contribution in [3.63, 3.8) is 0 Å². The lowest BCUT2D eigenvalue weighted by atomic mass is 10.1. The molecule has 0 aliphatic rings. The zero-order chi connectivity index (χ0) is 25.2. The largest absolute Gasteiger partial charge is 0.280 e. The van der Waals surface area contributed by atoms with E-state index >= 15 is 0 Å². The molecule has 9 heteroatoms. The Bertz CT molecular complexity index is 1790. The Hall–Kier alpha value is -4.89. The lowest BCUT2D eigenvalue weighted by molar-refractivity contribution is 0.601. The molecular formula is C28H20N6O2S. The summed E-state index contributed by atoms with van der Waals surface area (Å²) in [6, 6.07) is 31.1. The fourth-order valence-corrected chi connectivity index (χ4v) is 5.06. The number of nitrogens with zero attached hydrogens (tertiary/aromatic N) is 5. The van der Waals surface area contributed by atoms with Crippen molar-refractivity contribution in [2.45, 2.75) is 4.90 Å². The zero-order valence-corrected chi connectivity index (χ0v) is 20.2. The summed E-state index contributed by atoms with van der Waals surface area (Å²) >= 11 is 0. The highest BCUT2D eigenvalue weighted by molar-refractivity contribution is 7.92. The Kier molecular flexibility index (Phi) is 5.66. The first kappa shape index (κ1) is 22.6. The third-order valence-corrected chi connectivity index (χ3v) is 7.28. The van der Waals surface area contributed by atoms with Crippen molar-refractivity contribution in [3.8, 4) is 33.8 Å². The molecule has 37 heavy (non-hydrogen) atoms. The van der Waals surface area contributed by atoms with Crippen molar-refractivity contribution in [1.29, 1.82) is 0 Å². The van der Waals surface area contributed by atoms with Gasteiger partial charge >= 0.3 is 0 Å². The van der Waals surface area contributed by atoms with Crippen LogP contribution in [0.4, 0.5) is 5.69 Å². The Balaban J connectivity index is 1.23. The van der Waals surface area contributed by atoms with Crippen molar-refractivity contribution in [2.75, 3.05) is 4.72 Å². The Morgan fingerprint density at radius 3 is 2.08 bits per heavy atom. The van der Waals surface area contributed by atoms with Gasteiger partial charge in [0.25, 0.3) is 10.0 Å². The third kappa shape index (κ3) is 4.55. The van der Waals surface area contributed by atoms with Gasteiger partial charge in [0.15, 0.2) is 11.5 Å². The predicted molar refractivity (Wildman–Crippen MR) is 142 cm³/mol. The van der Waals surface area contributed by atoms with Gasteiger partial charge < -0.3 is 0 Å². The number of hydrogen-bond acceptors (Lipinski definition) is 6. The molecule has 0 saturated heterocycles. The fraction of sp³-hybridized carbons (Fsp3) is 0. The van der Waals surface area contributed by atoms with Crippen LogP contribution >= 0.6 is 0 Å². The molecule has 1 N–H and O–H groups in total. The van der Waals surface area contributed by atoms with E-state index < -0.39 is 10.0 Å². The second-order valence-corrected chi connectivity index (χ2v) is 10.0. The number of nitrogens with one attached hydrogen (secondary N) is 1. The van der Waals surface area contributed by atoms with Gasteiger partial charge in [-0.05, 0) is 59.7 Å². The fourth-order valence-electron chi connectivity index (χ4n) is 4.00. The second-order valence-electron chi connectivity index (χ2n) is 8.33. The molecule has 6 rings (SSSR count). The quantitative estimate of drug-likeness (QED) is 0.329. The molecule has 3 aromatic heterocycles. The number of sulfonamides is 1. The van der Waals surface area contributed by atoms with Gasteiger partial charge in [-0.15, -0.1) is 10.2 Å². The van der Waals surface area contributed by atoms with E-state index in [0.717, 1.165) is 22.3 Å². The minimum absolute atomic E-state index is 0.193. The summed E-state index contributed by atoms with van der Waals surface area (Å²) in [6.45, 7) is 0. The molecular weight excluding hydrogens is 484 g/mol. The van der Waals surface area contributed by atoms with Gasteiger partial charge in [-0.25, -0.2) is 8.42 Å². The number of benzene rings is 3. The third-order valence-electron chi connectivity index (χ3n) is 5.89. The SMILES string of the molecule is O=S(=O)(Nc1ccc(-c2ccc3nnc(-c4cccnc4)n3n2)cc1)c1ccc(-c2ccccc2)cc1. The van der Waals surface area contributed by atoms with Gasteiger partial charge in [0.05, 0.1) is 10.6 Å². The lowest BCUT2D eigenvalue weighted by Gasteiger charge is -2.10. The number of rotatable bonds is 6. The summed E-state index contributed by atoms with van der Waals surface area (Å²) in [4.78, 5) is 4.34. The molecule has 0 amide bonds. The zero-order valence-electron chi connectivity index (χ0n) is 19.4. The van der Waals surface area contributed by atoms with Crippen LogP contribution in [0.1, 0.15) is 0 Å². The summed E-state index contributed by atoms with van der Waals surface area (Å²) in [5.41, 5.74) is 5.38. The molecule has 0 spiro atoms. The Morgan fingerprint density at radius 2 is 1.35 bits per heavy atom. The molecule has 0 saturated carbocycles. The van der Waals surface area contributed by atoms with E-state index in [1.54, 1.807) is 53.3 Å². The normalized spacial score (nSPS) is 11.5. The number of fused-ring (bicyclic) bond motifs is 1. The van der Waals surface area contributed by atoms with E-state index in [1.807, 2.05) is 66.7 Å². The highest BCUT2D eigenvalue weighted by atomic mass is 32.2. The van der Waals surface area contributed by atoms with Gasteiger partial charge in [-0.3, -0.25) is 9.71 Å². The first-order chi connectivity index (χ1) is 18.1. The first-order valence-corrected chi connectivity index (χ1v) is 13.0. The van der Waals surface area contributed by atoms with Gasteiger partial charge in [0.1, 0.15) is 0 Å². The van der Waals surface area contributed by atoms with Gasteiger partial charge in [-0.1, -0.05) is 54.6 Å². The summed E-state index contributed by atoms with van der Waals surface area (Å²) in [6.07, 6.45) is 3.40. The predicted octanol–water partition coefficient (Wildman–Crippen LogP) is 5.32. The monoisotopic (exact) mass is 504 g/mol. The molecule has 0 aliphatic carbocycles. The summed E-state index contributed by atoms with van der Waals surface area (Å²) < 4.78 is 30.2. The topological polar surface area (TPSA) is 102 Å². The maximum Gasteiger partial charge on any atom is 0.261 e. The minimum Gasteiger partial charge on any atom is -0.280 e. The van der Waals surface area contributed by atoms with Gasteiger partial charge in [-0.2, -0.15) is 9.61 Å².